The first-order valence-electron chi connectivity index (χ1n) is 6.84. The zero-order chi connectivity index (χ0) is 13.7. The Balaban J connectivity index is 1.73. The number of carbonyl (C=O) groups excluding carboxylic acids is 1. The number of rotatable bonds is 4. The normalized spacial score (nSPS) is 23.1. The highest BCUT2D eigenvalue weighted by Crippen LogP contribution is 2.14. The molecule has 2 rings (SSSR count). The topological polar surface area (TPSA) is 38.0 Å². The Kier molecular flexibility index (Phi) is 5.19. The molecule has 1 aromatic carbocycles. The molecule has 0 unspecified atom stereocenters. The van der Waals surface area contributed by atoms with Gasteiger partial charge in [0.2, 0.25) is 5.91 Å². The summed E-state index contributed by atoms with van der Waals surface area (Å²) in [5.41, 5.74) is 0.773. The number of carbonyl (C=O) groups is 1. The maximum atomic E-state index is 11.9. The van der Waals surface area contributed by atoms with Crippen LogP contribution in [0.4, 0.5) is 5.69 Å². The maximum Gasteiger partial charge on any atom is 0.230 e. The van der Waals surface area contributed by atoms with Crippen LogP contribution in [0.3, 0.4) is 0 Å². The van der Waals surface area contributed by atoms with Crippen LogP contribution in [0.2, 0.25) is 5.02 Å². The van der Waals surface area contributed by atoms with Crippen LogP contribution in [0.15, 0.2) is 24.3 Å². The number of nitrogens with one attached hydrogen (secondary N) is 3. The summed E-state index contributed by atoms with van der Waals surface area (Å²) in [6.07, 6.45) is 0.570. The van der Waals surface area contributed by atoms with Crippen LogP contribution < -0.4 is 15.1 Å². The fourth-order valence-corrected chi connectivity index (χ4v) is 2.55. The number of likely N-dealkylation sites (N-methyl/N-ethyl adjacent to an activating group) is 1. The van der Waals surface area contributed by atoms with Crippen LogP contribution in [-0.2, 0) is 4.79 Å². The molecule has 19 heavy (non-hydrogen) atoms. The number of amides is 1. The Morgan fingerprint density at radius 2 is 2.05 bits per heavy atom. The molecule has 0 saturated carbocycles. The van der Waals surface area contributed by atoms with Crippen LogP contribution >= 0.6 is 11.6 Å². The van der Waals surface area contributed by atoms with Gasteiger partial charge in [-0.25, -0.2) is 0 Å². The molecule has 1 aliphatic rings. The lowest BCUT2D eigenvalue weighted by Gasteiger charge is -2.27. The van der Waals surface area contributed by atoms with Crippen molar-refractivity contribution in [2.75, 3.05) is 45.1 Å². The van der Waals surface area contributed by atoms with Gasteiger partial charge in [0.15, 0.2) is 0 Å². The molecule has 1 aromatic rings. The quantitative estimate of drug-likeness (QED) is 0.657. The van der Waals surface area contributed by atoms with E-state index in [1.807, 2.05) is 12.1 Å². The van der Waals surface area contributed by atoms with Crippen molar-refractivity contribution in [1.82, 2.24) is 0 Å². The molecule has 4 nitrogen and oxygen atoms in total. The average molecular weight is 284 g/mol. The molecule has 0 radical (unpaired) electrons. The van der Waals surface area contributed by atoms with E-state index in [0.717, 1.165) is 25.3 Å². The van der Waals surface area contributed by atoms with Crippen molar-refractivity contribution >= 4 is 23.2 Å². The van der Waals surface area contributed by atoms with E-state index < -0.39 is 0 Å². The third-order valence-electron chi connectivity index (χ3n) is 3.62. The minimum absolute atomic E-state index is 0.0704. The first-order chi connectivity index (χ1) is 9.13. The number of piperazine rings is 1. The monoisotopic (exact) mass is 283 g/mol. The van der Waals surface area contributed by atoms with Gasteiger partial charge in [0.05, 0.1) is 20.0 Å². The highest BCUT2D eigenvalue weighted by atomic mass is 35.5. The van der Waals surface area contributed by atoms with Crippen molar-refractivity contribution in [3.8, 4) is 0 Å². The van der Waals surface area contributed by atoms with E-state index in [2.05, 4.69) is 12.4 Å². The van der Waals surface area contributed by atoms with E-state index in [0.29, 0.717) is 11.4 Å². The Hall–Kier alpha value is -1.10. The zero-order valence-corrected chi connectivity index (χ0v) is 12.1. The third kappa shape index (κ3) is 4.82. The van der Waals surface area contributed by atoms with Crippen molar-refractivity contribution in [2.24, 2.45) is 0 Å². The maximum absolute atomic E-state index is 11.9. The molecule has 1 amide bonds. The van der Waals surface area contributed by atoms with E-state index in [-0.39, 0.29) is 5.91 Å². The number of halogens is 1. The largest absolute Gasteiger partial charge is 0.328 e. The van der Waals surface area contributed by atoms with Crippen LogP contribution in [0.1, 0.15) is 6.42 Å². The molecule has 1 saturated heterocycles. The Bertz CT molecular complexity index is 430. The number of anilines is 1. The van der Waals surface area contributed by atoms with E-state index in [9.17, 15) is 4.79 Å². The van der Waals surface area contributed by atoms with Crippen molar-refractivity contribution in [3.63, 3.8) is 0 Å². The van der Waals surface area contributed by atoms with Crippen molar-refractivity contribution in [1.29, 1.82) is 0 Å². The summed E-state index contributed by atoms with van der Waals surface area (Å²) in [5, 5.41) is 3.53. The predicted molar refractivity (Wildman–Crippen MR) is 76.9 cm³/mol. The van der Waals surface area contributed by atoms with Crippen LogP contribution in [-0.4, -0.2) is 45.7 Å². The molecule has 3 N–H and O–H groups in total. The summed E-state index contributed by atoms with van der Waals surface area (Å²) < 4.78 is 0. The molecule has 0 aliphatic carbocycles. The predicted octanol–water partition coefficient (Wildman–Crippen LogP) is -0.918. The minimum Gasteiger partial charge on any atom is -0.328 e. The number of hydrogen-bond donors (Lipinski definition) is 3. The molecule has 1 aliphatic heterocycles. The third-order valence-corrected chi connectivity index (χ3v) is 3.86. The summed E-state index contributed by atoms with van der Waals surface area (Å²) in [6, 6.07) is 7.27. The lowest BCUT2D eigenvalue weighted by atomic mass is 10.2. The molecule has 0 atom stereocenters. The van der Waals surface area contributed by atoms with E-state index in [1.165, 1.54) is 18.0 Å². The second-order valence-corrected chi connectivity index (χ2v) is 5.70. The fraction of sp³-hybridized carbons (Fsp3) is 0.500. The number of quaternary nitrogens is 2. The summed E-state index contributed by atoms with van der Waals surface area (Å²) >= 11 is 5.88. The summed E-state index contributed by atoms with van der Waals surface area (Å²) in [5.74, 6) is 0.0704. The lowest BCUT2D eigenvalue weighted by Crippen LogP contribution is -3.27. The summed E-state index contributed by atoms with van der Waals surface area (Å²) in [7, 11) is 2.22. The highest BCUT2D eigenvalue weighted by molar-refractivity contribution is 6.30. The standard InChI is InChI=1S/C14H20ClN3O/c1-17-7-9-18(10-8-17)6-5-14(19)16-13-4-2-3-12(15)11-13/h2-4,11H,5-10H2,1H3,(H,16,19)/p+2. The van der Waals surface area contributed by atoms with Gasteiger partial charge in [-0.1, -0.05) is 17.7 Å². The number of hydrogen-bond acceptors (Lipinski definition) is 1. The van der Waals surface area contributed by atoms with Gasteiger partial charge in [-0.15, -0.1) is 0 Å². The second kappa shape index (κ2) is 6.89. The van der Waals surface area contributed by atoms with Gasteiger partial charge in [-0.2, -0.15) is 0 Å². The van der Waals surface area contributed by atoms with Crippen LogP contribution in [0, 0.1) is 0 Å². The van der Waals surface area contributed by atoms with Crippen molar-refractivity contribution in [2.45, 2.75) is 6.42 Å². The van der Waals surface area contributed by atoms with E-state index in [4.69, 9.17) is 11.6 Å². The molecule has 0 bridgehead atoms. The van der Waals surface area contributed by atoms with Gasteiger partial charge in [0.25, 0.3) is 0 Å². The molecule has 1 fully saturated rings. The molecule has 104 valence electrons. The van der Waals surface area contributed by atoms with Gasteiger partial charge in [0.1, 0.15) is 26.2 Å². The lowest BCUT2D eigenvalue weighted by molar-refractivity contribution is -1.00. The Morgan fingerprint density at radius 1 is 1.32 bits per heavy atom. The zero-order valence-electron chi connectivity index (χ0n) is 11.3. The summed E-state index contributed by atoms with van der Waals surface area (Å²) in [4.78, 5) is 15.0. The molecule has 5 heteroatoms. The van der Waals surface area contributed by atoms with Gasteiger partial charge in [-0.05, 0) is 18.2 Å². The minimum atomic E-state index is 0.0704. The average Bonchev–Trinajstić information content (AvgIpc) is 2.38. The first-order valence-corrected chi connectivity index (χ1v) is 7.21. The van der Waals surface area contributed by atoms with Gasteiger partial charge < -0.3 is 15.1 Å². The van der Waals surface area contributed by atoms with Crippen LogP contribution in [0.25, 0.3) is 0 Å². The first kappa shape index (κ1) is 14.3. The van der Waals surface area contributed by atoms with Gasteiger partial charge >= 0.3 is 0 Å². The smallest absolute Gasteiger partial charge is 0.230 e. The fourth-order valence-electron chi connectivity index (χ4n) is 2.36. The highest BCUT2D eigenvalue weighted by Gasteiger charge is 2.20. The van der Waals surface area contributed by atoms with Gasteiger partial charge in [0, 0.05) is 10.7 Å². The Labute approximate surface area is 119 Å². The van der Waals surface area contributed by atoms with E-state index in [1.54, 1.807) is 17.0 Å². The van der Waals surface area contributed by atoms with Gasteiger partial charge in [-0.3, -0.25) is 4.79 Å². The molecular weight excluding hydrogens is 262 g/mol. The molecule has 0 spiro atoms. The van der Waals surface area contributed by atoms with Crippen molar-refractivity contribution in [3.05, 3.63) is 29.3 Å². The van der Waals surface area contributed by atoms with Crippen LogP contribution in [0.5, 0.6) is 0 Å². The van der Waals surface area contributed by atoms with E-state index >= 15 is 0 Å². The SMILES string of the molecule is C[NH+]1CC[NH+](CCC(=O)Nc2cccc(Cl)c2)CC1. The molecule has 0 aromatic heterocycles. The van der Waals surface area contributed by atoms with Crippen molar-refractivity contribution < 1.29 is 14.6 Å². The Morgan fingerprint density at radius 3 is 2.74 bits per heavy atom. The molecule has 1 heterocycles. The second-order valence-electron chi connectivity index (χ2n) is 5.27. The summed E-state index contributed by atoms with van der Waals surface area (Å²) in [6.45, 7) is 5.64. The number of benzene rings is 1. The molecular formula is C14H22ClN3O+2.